The Labute approximate surface area is 561 Å². The minimum Gasteiger partial charge on any atom is -0.311 e. The summed E-state index contributed by atoms with van der Waals surface area (Å²) in [7, 11) is 0. The van der Waals surface area contributed by atoms with Crippen LogP contribution in [0.15, 0.2) is 350 Å². The Morgan fingerprint density at radius 2 is 0.656 bits per heavy atom. The van der Waals surface area contributed by atoms with Crippen LogP contribution in [0.2, 0.25) is 0 Å². The van der Waals surface area contributed by atoms with Gasteiger partial charge in [0.25, 0.3) is 6.71 Å². The van der Waals surface area contributed by atoms with Crippen LogP contribution in [0.25, 0.3) is 22.3 Å². The molecule has 5 nitrogen and oxygen atoms in total. The highest BCUT2D eigenvalue weighted by Crippen LogP contribution is 2.57. The molecule has 4 heterocycles. The van der Waals surface area contributed by atoms with Crippen molar-refractivity contribution in [3.63, 3.8) is 0 Å². The average molecular weight is 1260 g/mol. The molecular weight excluding hydrogens is 1200 g/mol. The Hall–Kier alpha value is -11.7. The van der Waals surface area contributed by atoms with Gasteiger partial charge in [-0.15, -0.1) is 0 Å². The van der Waals surface area contributed by atoms with Gasteiger partial charge in [-0.2, -0.15) is 13.2 Å². The number of hydrogen-bond acceptors (Lipinski definition) is 6. The molecule has 0 spiro atoms. The molecule has 0 unspecified atom stereocenters. The van der Waals surface area contributed by atoms with Crippen LogP contribution in [0.4, 0.5) is 98.5 Å². The second-order valence-corrected chi connectivity index (χ2v) is 25.6. The Morgan fingerprint density at radius 1 is 0.292 bits per heavy atom. The molecule has 0 fully saturated rings. The van der Waals surface area contributed by atoms with Crippen molar-refractivity contribution < 1.29 is 13.2 Å². The Kier molecular flexibility index (Phi) is 13.7. The van der Waals surface area contributed by atoms with Crippen LogP contribution in [0.1, 0.15) is 5.56 Å². The fourth-order valence-electron chi connectivity index (χ4n) is 15.4. The van der Waals surface area contributed by atoms with Gasteiger partial charge in [-0.3, -0.25) is 0 Å². The smallest absolute Gasteiger partial charge is 0.311 e. The Balaban J connectivity index is 1.01. The molecule has 14 aromatic rings. The normalized spacial score (nSPS) is 13.0. The molecular formula is C85H56B2F3N5S. The van der Waals surface area contributed by atoms with Crippen molar-refractivity contribution in [1.82, 2.24) is 0 Å². The molecule has 0 N–H and O–H groups in total. The van der Waals surface area contributed by atoms with E-state index >= 15 is 13.2 Å². The molecule has 0 radical (unpaired) electrons. The second kappa shape index (κ2) is 23.1. The van der Waals surface area contributed by atoms with Gasteiger partial charge in [0.2, 0.25) is 6.71 Å². The molecule has 4 aliphatic rings. The van der Waals surface area contributed by atoms with Gasteiger partial charge in [-0.05, 0) is 148 Å². The molecule has 96 heavy (non-hydrogen) atoms. The van der Waals surface area contributed by atoms with E-state index < -0.39 is 25.2 Å². The lowest BCUT2D eigenvalue weighted by Crippen LogP contribution is -2.65. The quantitative estimate of drug-likeness (QED) is 0.119. The Bertz CT molecular complexity index is 5150. The van der Waals surface area contributed by atoms with Crippen LogP contribution in [0, 0.1) is 0 Å². The predicted molar refractivity (Wildman–Crippen MR) is 396 cm³/mol. The first-order chi connectivity index (χ1) is 47.3. The van der Waals surface area contributed by atoms with E-state index in [1.807, 2.05) is 163 Å². The third-order valence-electron chi connectivity index (χ3n) is 19.2. The van der Waals surface area contributed by atoms with Gasteiger partial charge in [0.15, 0.2) is 0 Å². The summed E-state index contributed by atoms with van der Waals surface area (Å²) in [5.41, 5.74) is 19.4. The third kappa shape index (κ3) is 9.28. The number of para-hydroxylation sites is 9. The van der Waals surface area contributed by atoms with Crippen LogP contribution in [0.5, 0.6) is 0 Å². The zero-order chi connectivity index (χ0) is 64.0. The van der Waals surface area contributed by atoms with Crippen molar-refractivity contribution in [2.45, 2.75) is 16.0 Å². The maximum absolute atomic E-state index is 18.7. The summed E-state index contributed by atoms with van der Waals surface area (Å²) in [5, 5.41) is 0. The van der Waals surface area contributed by atoms with Crippen molar-refractivity contribution in [2.75, 3.05) is 24.5 Å². The summed E-state index contributed by atoms with van der Waals surface area (Å²) >= 11 is 1.24. The molecule has 0 saturated heterocycles. The zero-order valence-electron chi connectivity index (χ0n) is 51.8. The number of halogens is 3. The fraction of sp³-hybridized carbons (Fsp3) is 0.0118. The maximum atomic E-state index is 18.7. The summed E-state index contributed by atoms with van der Waals surface area (Å²) < 4.78 is 56.1. The summed E-state index contributed by atoms with van der Waals surface area (Å²) in [4.78, 5) is 12.0. The molecule has 0 atom stereocenters. The highest BCUT2D eigenvalue weighted by molar-refractivity contribution is 8.00. The molecule has 0 aliphatic carbocycles. The SMILES string of the molecule is FC(F)(F)c1c2c(cc3c1N(c1c(-c4ccccc4)cccc1-c1ccccc1)c1cc(N(c4ccccc4)c4ccccc4)cc4c1B3c1ccccc1N4c1ccccc1)B1c3ccccc3N(c3ccccc3)c3cc(N(c4ccccc4)c4ccccc4)cc(c31)S2. The number of nitrogens with zero attached hydrogens (tertiary/aromatic N) is 5. The van der Waals surface area contributed by atoms with Crippen molar-refractivity contribution >= 4 is 143 Å². The molecule has 0 saturated carbocycles. The molecule has 11 heteroatoms. The minimum absolute atomic E-state index is 0.0916. The number of hydrogen-bond donors (Lipinski definition) is 0. The van der Waals surface area contributed by atoms with Gasteiger partial charge in [-0.1, -0.05) is 248 Å². The van der Waals surface area contributed by atoms with Crippen molar-refractivity contribution in [3.05, 3.63) is 345 Å². The van der Waals surface area contributed by atoms with E-state index in [9.17, 15) is 0 Å². The van der Waals surface area contributed by atoms with Crippen molar-refractivity contribution in [3.8, 4) is 22.3 Å². The van der Waals surface area contributed by atoms with Crippen molar-refractivity contribution in [1.29, 1.82) is 0 Å². The van der Waals surface area contributed by atoms with Crippen LogP contribution in [0.3, 0.4) is 0 Å². The van der Waals surface area contributed by atoms with Gasteiger partial charge in [0.1, 0.15) is 0 Å². The zero-order valence-corrected chi connectivity index (χ0v) is 52.6. The molecule has 14 aromatic carbocycles. The van der Waals surface area contributed by atoms with Crippen LogP contribution in [-0.2, 0) is 6.18 Å². The van der Waals surface area contributed by atoms with E-state index in [0.717, 1.165) is 117 Å². The van der Waals surface area contributed by atoms with Gasteiger partial charge in [0, 0.05) is 89.2 Å². The lowest BCUT2D eigenvalue weighted by molar-refractivity contribution is -0.139. The number of benzene rings is 14. The van der Waals surface area contributed by atoms with Gasteiger partial charge in [-0.25, -0.2) is 0 Å². The first kappa shape index (κ1) is 57.0. The molecule has 0 aromatic heterocycles. The summed E-state index contributed by atoms with van der Waals surface area (Å²) in [6.45, 7) is -1.34. The van der Waals surface area contributed by atoms with E-state index in [0.29, 0.717) is 22.3 Å². The van der Waals surface area contributed by atoms with Gasteiger partial charge in [0.05, 0.1) is 22.6 Å². The van der Waals surface area contributed by atoms with E-state index in [2.05, 4.69) is 202 Å². The lowest BCUT2D eigenvalue weighted by Gasteiger charge is -2.47. The van der Waals surface area contributed by atoms with Gasteiger partial charge < -0.3 is 24.5 Å². The number of anilines is 15. The summed E-state index contributed by atoms with van der Waals surface area (Å²) in [5.74, 6) is 0. The van der Waals surface area contributed by atoms with E-state index in [1.54, 1.807) is 0 Å². The molecule has 0 amide bonds. The third-order valence-corrected chi connectivity index (χ3v) is 20.4. The van der Waals surface area contributed by atoms with Crippen molar-refractivity contribution in [2.24, 2.45) is 0 Å². The summed E-state index contributed by atoms with van der Waals surface area (Å²) in [6, 6.07) is 116. The highest BCUT2D eigenvalue weighted by Gasteiger charge is 2.53. The monoisotopic (exact) mass is 1260 g/mol. The average Bonchev–Trinajstić information content (AvgIpc) is 0.679. The summed E-state index contributed by atoms with van der Waals surface area (Å²) in [6.07, 6.45) is -4.94. The molecule has 18 rings (SSSR count). The largest absolute Gasteiger partial charge is 0.419 e. The predicted octanol–water partition coefficient (Wildman–Crippen LogP) is 19.8. The topological polar surface area (TPSA) is 16.2 Å². The number of alkyl halides is 3. The maximum Gasteiger partial charge on any atom is 0.419 e. The molecule has 4 aliphatic heterocycles. The van der Waals surface area contributed by atoms with Gasteiger partial charge >= 0.3 is 6.18 Å². The lowest BCUT2D eigenvalue weighted by atomic mass is 9.30. The first-order valence-corrected chi connectivity index (χ1v) is 33.2. The second-order valence-electron chi connectivity index (χ2n) is 24.6. The van der Waals surface area contributed by atoms with Crippen LogP contribution in [-0.4, -0.2) is 13.4 Å². The standard InChI is InChI=1S/C85H56B2F3N5S/c88-85(89,90)79-83-71(56-72-84(79)96-78-55-66(92(61-38-17-5-18-39-61)62-40-19-6-20-41-62)54-77-81(78)87(72)70-49-26-28-51-74(70)94(77)64-44-23-8-24-45-64)86-69-48-25-27-50-73(69)93(63-42-21-7-22-43-63)75-52-65(91(59-34-13-3-14-35-59)60-36-15-4-16-37-60)53-76(80(75)86)95(83)82-67(57-30-9-1-10-31-57)46-29-47-68(82)58-32-11-2-12-33-58/h1-56H. The van der Waals surface area contributed by atoms with E-state index in [-0.39, 0.29) is 10.6 Å². The fourth-order valence-corrected chi connectivity index (χ4v) is 16.7. The van der Waals surface area contributed by atoms with Crippen LogP contribution >= 0.6 is 11.8 Å². The Morgan fingerprint density at radius 3 is 1.09 bits per heavy atom. The molecule has 0 bridgehead atoms. The van der Waals surface area contributed by atoms with Crippen LogP contribution < -0.4 is 57.3 Å². The number of rotatable bonds is 11. The van der Waals surface area contributed by atoms with E-state index in [1.165, 1.54) is 11.8 Å². The number of fused-ring (bicyclic) bond motifs is 8. The van der Waals surface area contributed by atoms with E-state index in [4.69, 9.17) is 0 Å². The first-order valence-electron chi connectivity index (χ1n) is 32.4. The minimum atomic E-state index is -4.94. The molecule has 454 valence electrons. The highest BCUT2D eigenvalue weighted by atomic mass is 32.2.